The highest BCUT2D eigenvalue weighted by Crippen LogP contribution is 2.28. The van der Waals surface area contributed by atoms with Crippen LogP contribution in [0.15, 0.2) is 64.6 Å². The first-order valence-corrected chi connectivity index (χ1v) is 11.0. The van der Waals surface area contributed by atoms with Crippen LogP contribution in [-0.4, -0.2) is 22.4 Å². The van der Waals surface area contributed by atoms with Crippen LogP contribution in [0.4, 0.5) is 5.69 Å². The van der Waals surface area contributed by atoms with Crippen LogP contribution in [0.2, 0.25) is 0 Å². The first-order valence-electron chi connectivity index (χ1n) is 10.2. The minimum atomic E-state index is 0.0102. The van der Waals surface area contributed by atoms with Gasteiger partial charge in [0.15, 0.2) is 5.16 Å². The van der Waals surface area contributed by atoms with Crippen LogP contribution in [0.5, 0.6) is 0 Å². The smallest absolute Gasteiger partial charge is 0.258 e. The molecule has 30 heavy (non-hydrogen) atoms. The van der Waals surface area contributed by atoms with E-state index in [4.69, 9.17) is 0 Å². The maximum absolute atomic E-state index is 13.1. The van der Waals surface area contributed by atoms with Crippen LogP contribution >= 0.6 is 11.8 Å². The first kappa shape index (κ1) is 22.0. The van der Waals surface area contributed by atoms with Gasteiger partial charge in [-0.05, 0) is 86.0 Å². The Labute approximate surface area is 183 Å². The van der Waals surface area contributed by atoms with Crippen LogP contribution in [-0.2, 0) is 5.41 Å². The minimum Gasteiger partial charge on any atom is -0.309 e. The van der Waals surface area contributed by atoms with Crippen molar-refractivity contribution in [1.29, 1.82) is 0 Å². The monoisotopic (exact) mass is 419 g/mol. The van der Waals surface area contributed by atoms with Crippen molar-refractivity contribution >= 4 is 23.4 Å². The lowest BCUT2D eigenvalue weighted by atomic mass is 9.86. The summed E-state index contributed by atoms with van der Waals surface area (Å²) in [6, 6.07) is 17.9. The quantitative estimate of drug-likeness (QED) is 0.461. The lowest BCUT2D eigenvalue weighted by Crippen LogP contribution is -2.30. The number of nitrogens with zero attached hydrogens (tertiary/aromatic N) is 3. The van der Waals surface area contributed by atoms with E-state index in [9.17, 15) is 4.79 Å². The molecule has 1 heterocycles. The van der Waals surface area contributed by atoms with Gasteiger partial charge in [0.25, 0.3) is 5.91 Å². The van der Waals surface area contributed by atoms with Crippen molar-refractivity contribution in [1.82, 2.24) is 9.97 Å². The largest absolute Gasteiger partial charge is 0.309 e. The third-order valence-electron chi connectivity index (χ3n) is 4.88. The standard InChI is InChI=1S/C25H29N3OS/c1-7-28(23(29)19-8-10-20(11-9-19)25(4,5)6)21-12-14-22(15-13-21)30-24-26-17(2)16-18(3)27-24/h8-16H,7H2,1-6H3. The highest BCUT2D eigenvalue weighted by molar-refractivity contribution is 7.99. The van der Waals surface area contributed by atoms with Gasteiger partial charge in [-0.2, -0.15) is 0 Å². The van der Waals surface area contributed by atoms with E-state index in [-0.39, 0.29) is 11.3 Å². The summed E-state index contributed by atoms with van der Waals surface area (Å²) in [5, 5.41) is 0.739. The van der Waals surface area contributed by atoms with Crippen molar-refractivity contribution < 1.29 is 4.79 Å². The van der Waals surface area contributed by atoms with E-state index in [1.54, 1.807) is 4.90 Å². The Balaban J connectivity index is 1.77. The molecule has 0 unspecified atom stereocenters. The van der Waals surface area contributed by atoms with Crippen molar-refractivity contribution in [3.05, 3.63) is 77.1 Å². The van der Waals surface area contributed by atoms with Gasteiger partial charge in [-0.15, -0.1) is 0 Å². The van der Waals surface area contributed by atoms with Crippen molar-refractivity contribution in [3.63, 3.8) is 0 Å². The summed E-state index contributed by atoms with van der Waals surface area (Å²) in [5.74, 6) is 0.0102. The zero-order chi connectivity index (χ0) is 21.9. The summed E-state index contributed by atoms with van der Waals surface area (Å²) in [4.78, 5) is 24.9. The second-order valence-corrected chi connectivity index (χ2v) is 9.45. The second-order valence-electron chi connectivity index (χ2n) is 8.41. The SMILES string of the molecule is CCN(C(=O)c1ccc(C(C)(C)C)cc1)c1ccc(Sc2nc(C)cc(C)n2)cc1. The molecule has 2 aromatic carbocycles. The van der Waals surface area contributed by atoms with Gasteiger partial charge in [-0.1, -0.05) is 32.9 Å². The Morgan fingerprint density at radius 3 is 2.00 bits per heavy atom. The summed E-state index contributed by atoms with van der Waals surface area (Å²) in [5.41, 5.74) is 4.79. The van der Waals surface area contributed by atoms with Crippen molar-refractivity contribution in [2.45, 2.75) is 57.0 Å². The molecule has 0 saturated heterocycles. The molecule has 5 heteroatoms. The van der Waals surface area contributed by atoms with E-state index in [0.29, 0.717) is 12.1 Å². The fraction of sp³-hybridized carbons (Fsp3) is 0.320. The molecule has 0 atom stereocenters. The summed E-state index contributed by atoms with van der Waals surface area (Å²) in [6.45, 7) is 13.1. The van der Waals surface area contributed by atoms with Crippen LogP contribution in [0.3, 0.4) is 0 Å². The van der Waals surface area contributed by atoms with E-state index in [2.05, 4.69) is 30.7 Å². The third-order valence-corrected chi connectivity index (χ3v) is 5.75. The molecular formula is C25H29N3OS. The number of hydrogen-bond acceptors (Lipinski definition) is 4. The van der Waals surface area contributed by atoms with Crippen LogP contribution < -0.4 is 4.90 Å². The van der Waals surface area contributed by atoms with Gasteiger partial charge >= 0.3 is 0 Å². The Morgan fingerprint density at radius 2 is 1.50 bits per heavy atom. The van der Waals surface area contributed by atoms with Gasteiger partial charge in [0, 0.05) is 34.1 Å². The predicted molar refractivity (Wildman–Crippen MR) is 125 cm³/mol. The lowest BCUT2D eigenvalue weighted by molar-refractivity contribution is 0.0988. The number of amides is 1. The molecule has 156 valence electrons. The number of carbonyl (C=O) groups is 1. The second kappa shape index (κ2) is 9.00. The topological polar surface area (TPSA) is 46.1 Å². The maximum atomic E-state index is 13.1. The van der Waals surface area contributed by atoms with Crippen LogP contribution in [0, 0.1) is 13.8 Å². The summed E-state index contributed by atoms with van der Waals surface area (Å²) in [7, 11) is 0. The number of aromatic nitrogens is 2. The summed E-state index contributed by atoms with van der Waals surface area (Å²) in [6.07, 6.45) is 0. The lowest BCUT2D eigenvalue weighted by Gasteiger charge is -2.23. The molecule has 0 aliphatic heterocycles. The molecule has 0 radical (unpaired) electrons. The molecule has 0 saturated carbocycles. The van der Waals surface area contributed by atoms with E-state index < -0.39 is 0 Å². The molecule has 3 rings (SSSR count). The highest BCUT2D eigenvalue weighted by atomic mass is 32.2. The fourth-order valence-electron chi connectivity index (χ4n) is 3.25. The van der Waals surface area contributed by atoms with Gasteiger partial charge < -0.3 is 4.90 Å². The Kier molecular flexibility index (Phi) is 6.61. The van der Waals surface area contributed by atoms with Crippen molar-refractivity contribution in [2.75, 3.05) is 11.4 Å². The fourth-order valence-corrected chi connectivity index (χ4v) is 4.11. The highest BCUT2D eigenvalue weighted by Gasteiger charge is 2.18. The molecule has 0 N–H and O–H groups in total. The van der Waals surface area contributed by atoms with Gasteiger partial charge in [0.05, 0.1) is 0 Å². The molecule has 1 aromatic heterocycles. The van der Waals surface area contributed by atoms with E-state index in [1.165, 1.54) is 17.3 Å². The third kappa shape index (κ3) is 5.28. The number of rotatable bonds is 5. The Morgan fingerprint density at radius 1 is 0.933 bits per heavy atom. The predicted octanol–water partition coefficient (Wildman–Crippen LogP) is 6.21. The molecular weight excluding hydrogens is 390 g/mol. The Hall–Kier alpha value is -2.66. The van der Waals surface area contributed by atoms with Crippen LogP contribution in [0.25, 0.3) is 0 Å². The maximum Gasteiger partial charge on any atom is 0.258 e. The van der Waals surface area contributed by atoms with E-state index in [0.717, 1.165) is 27.1 Å². The van der Waals surface area contributed by atoms with Crippen molar-refractivity contribution in [2.24, 2.45) is 0 Å². The average molecular weight is 420 g/mol. The van der Waals surface area contributed by atoms with Gasteiger partial charge in [-0.25, -0.2) is 9.97 Å². The molecule has 0 bridgehead atoms. The number of aryl methyl sites for hydroxylation is 2. The molecule has 0 fully saturated rings. The average Bonchev–Trinajstić information content (AvgIpc) is 2.68. The number of benzene rings is 2. The molecule has 4 nitrogen and oxygen atoms in total. The van der Waals surface area contributed by atoms with Crippen LogP contribution in [0.1, 0.15) is 55.0 Å². The number of anilines is 1. The zero-order valence-electron chi connectivity index (χ0n) is 18.6. The molecule has 0 spiro atoms. The Bertz CT molecular complexity index is 1000. The van der Waals surface area contributed by atoms with E-state index >= 15 is 0 Å². The molecule has 1 amide bonds. The van der Waals surface area contributed by atoms with Gasteiger partial charge in [0.2, 0.25) is 0 Å². The zero-order valence-corrected chi connectivity index (χ0v) is 19.4. The normalized spacial score (nSPS) is 11.4. The number of carbonyl (C=O) groups excluding carboxylic acids is 1. The number of hydrogen-bond donors (Lipinski definition) is 0. The first-order chi connectivity index (χ1) is 14.2. The van der Waals surface area contributed by atoms with Crippen molar-refractivity contribution in [3.8, 4) is 0 Å². The molecule has 0 aliphatic rings. The van der Waals surface area contributed by atoms with Gasteiger partial charge in [0.1, 0.15) is 0 Å². The summed E-state index contributed by atoms with van der Waals surface area (Å²) >= 11 is 1.53. The van der Waals surface area contributed by atoms with E-state index in [1.807, 2.05) is 75.4 Å². The van der Waals surface area contributed by atoms with Gasteiger partial charge in [-0.3, -0.25) is 4.79 Å². The summed E-state index contributed by atoms with van der Waals surface area (Å²) < 4.78 is 0. The minimum absolute atomic E-state index is 0.0102. The molecule has 0 aliphatic carbocycles. The molecule has 3 aromatic rings.